The van der Waals surface area contributed by atoms with Crippen LogP contribution in [-0.4, -0.2) is 44.6 Å². The Bertz CT molecular complexity index is 937. The average Bonchev–Trinajstić information content (AvgIpc) is 3.08. The lowest BCUT2D eigenvalue weighted by Crippen LogP contribution is -2.36. The highest BCUT2D eigenvalue weighted by molar-refractivity contribution is 5.94. The molecule has 0 spiro atoms. The number of rotatable bonds is 5. The number of para-hydroxylation sites is 1. The molecule has 1 aliphatic rings. The van der Waals surface area contributed by atoms with Gasteiger partial charge in [0.15, 0.2) is 0 Å². The number of nitrogens with zero attached hydrogens (tertiary/aromatic N) is 5. The number of carbonyl (C=O) groups excluding carboxylic acids is 2. The third kappa shape index (κ3) is 7.14. The number of aromatic nitrogens is 3. The van der Waals surface area contributed by atoms with Gasteiger partial charge in [-0.2, -0.15) is 5.10 Å². The first-order valence-corrected chi connectivity index (χ1v) is 12.4. The van der Waals surface area contributed by atoms with Crippen LogP contribution < -0.4 is 4.90 Å². The molecular formula is C26H39N5O2. The number of carbonyl (C=O) groups is 2. The molecule has 0 aliphatic carbocycles. The minimum absolute atomic E-state index is 0.120. The fraction of sp³-hybridized carbons (Fsp3) is 0.615. The predicted molar refractivity (Wildman–Crippen MR) is 131 cm³/mol. The van der Waals surface area contributed by atoms with E-state index in [9.17, 15) is 9.59 Å². The van der Waals surface area contributed by atoms with Gasteiger partial charge in [0.25, 0.3) is 0 Å². The number of anilines is 1. The van der Waals surface area contributed by atoms with Crippen LogP contribution in [0.5, 0.6) is 0 Å². The molecule has 1 aromatic heterocycles. The van der Waals surface area contributed by atoms with Crippen LogP contribution in [0.3, 0.4) is 0 Å². The van der Waals surface area contributed by atoms with Gasteiger partial charge in [-0.3, -0.25) is 9.59 Å². The van der Waals surface area contributed by atoms with Gasteiger partial charge in [0, 0.05) is 38.2 Å². The smallest absolute Gasteiger partial charge is 0.227 e. The second-order valence-electron chi connectivity index (χ2n) is 9.53. The van der Waals surface area contributed by atoms with Crippen LogP contribution in [-0.2, 0) is 22.7 Å². The lowest BCUT2D eigenvalue weighted by molar-refractivity contribution is -0.132. The van der Waals surface area contributed by atoms with E-state index < -0.39 is 0 Å². The van der Waals surface area contributed by atoms with Crippen LogP contribution in [0.2, 0.25) is 0 Å². The molecule has 180 valence electrons. The van der Waals surface area contributed by atoms with Crippen molar-refractivity contribution in [3.05, 3.63) is 41.5 Å². The van der Waals surface area contributed by atoms with E-state index in [4.69, 9.17) is 0 Å². The summed E-state index contributed by atoms with van der Waals surface area (Å²) in [4.78, 5) is 34.6. The standard InChI is InChI=1S/C26H39N5O2/c1-20(2)18-26(33)30-16-11-7-5-6-10-15-29(19-23-12-8-9-13-24(23)30)25(32)14-17-31-22(4)27-21(3)28-31/h8-9,12-13,20H,5-7,10-11,14-19H2,1-4H3. The summed E-state index contributed by atoms with van der Waals surface area (Å²) in [6.45, 7) is 10.5. The van der Waals surface area contributed by atoms with Crippen LogP contribution in [0.15, 0.2) is 24.3 Å². The van der Waals surface area contributed by atoms with Gasteiger partial charge in [0.2, 0.25) is 11.8 Å². The molecule has 7 heteroatoms. The van der Waals surface area contributed by atoms with Gasteiger partial charge in [-0.15, -0.1) is 0 Å². The second kappa shape index (κ2) is 12.0. The first-order valence-electron chi connectivity index (χ1n) is 12.4. The second-order valence-corrected chi connectivity index (χ2v) is 9.53. The zero-order chi connectivity index (χ0) is 23.8. The van der Waals surface area contributed by atoms with Gasteiger partial charge in [0.05, 0.1) is 6.54 Å². The highest BCUT2D eigenvalue weighted by atomic mass is 16.2. The van der Waals surface area contributed by atoms with Crippen molar-refractivity contribution in [3.8, 4) is 0 Å². The summed E-state index contributed by atoms with van der Waals surface area (Å²) in [6, 6.07) is 8.08. The van der Waals surface area contributed by atoms with Gasteiger partial charge in [-0.05, 0) is 44.2 Å². The highest BCUT2D eigenvalue weighted by Gasteiger charge is 2.22. The van der Waals surface area contributed by atoms with Gasteiger partial charge < -0.3 is 9.80 Å². The largest absolute Gasteiger partial charge is 0.338 e. The van der Waals surface area contributed by atoms with Crippen molar-refractivity contribution < 1.29 is 9.59 Å². The fourth-order valence-corrected chi connectivity index (χ4v) is 4.48. The number of hydrogen-bond donors (Lipinski definition) is 0. The van der Waals surface area contributed by atoms with E-state index in [2.05, 4.69) is 30.0 Å². The van der Waals surface area contributed by atoms with Crippen LogP contribution in [0, 0.1) is 19.8 Å². The maximum Gasteiger partial charge on any atom is 0.227 e. The summed E-state index contributed by atoms with van der Waals surface area (Å²) < 4.78 is 1.81. The molecule has 0 atom stereocenters. The van der Waals surface area contributed by atoms with Gasteiger partial charge in [-0.25, -0.2) is 9.67 Å². The Labute approximate surface area is 198 Å². The highest BCUT2D eigenvalue weighted by Crippen LogP contribution is 2.26. The minimum Gasteiger partial charge on any atom is -0.338 e. The predicted octanol–water partition coefficient (Wildman–Crippen LogP) is 4.66. The number of aryl methyl sites for hydroxylation is 3. The zero-order valence-electron chi connectivity index (χ0n) is 20.7. The van der Waals surface area contributed by atoms with E-state index in [1.54, 1.807) is 0 Å². The third-order valence-electron chi connectivity index (χ3n) is 6.19. The molecule has 1 aromatic carbocycles. The summed E-state index contributed by atoms with van der Waals surface area (Å²) in [6.07, 6.45) is 6.28. The topological polar surface area (TPSA) is 71.3 Å². The molecule has 2 aromatic rings. The van der Waals surface area contributed by atoms with E-state index in [1.807, 2.05) is 46.5 Å². The van der Waals surface area contributed by atoms with Crippen LogP contribution in [0.4, 0.5) is 5.69 Å². The Balaban J connectivity index is 1.81. The quantitative estimate of drug-likeness (QED) is 0.660. The van der Waals surface area contributed by atoms with Crippen LogP contribution >= 0.6 is 0 Å². The Morgan fingerprint density at radius 2 is 1.67 bits per heavy atom. The zero-order valence-corrected chi connectivity index (χ0v) is 20.7. The molecule has 1 aliphatic heterocycles. The molecule has 0 radical (unpaired) electrons. The number of amides is 2. The van der Waals surface area contributed by atoms with E-state index >= 15 is 0 Å². The lowest BCUT2D eigenvalue weighted by Gasteiger charge is -2.30. The summed E-state index contributed by atoms with van der Waals surface area (Å²) in [5.74, 6) is 2.16. The average molecular weight is 454 g/mol. The van der Waals surface area contributed by atoms with E-state index in [0.717, 1.165) is 68.1 Å². The van der Waals surface area contributed by atoms with E-state index in [1.165, 1.54) is 0 Å². The lowest BCUT2D eigenvalue weighted by atomic mass is 10.0. The van der Waals surface area contributed by atoms with Crippen LogP contribution in [0.25, 0.3) is 0 Å². The summed E-state index contributed by atoms with van der Waals surface area (Å²) in [5.41, 5.74) is 1.99. The Morgan fingerprint density at radius 1 is 0.970 bits per heavy atom. The first kappa shape index (κ1) is 24.9. The van der Waals surface area contributed by atoms with E-state index in [0.29, 0.717) is 31.8 Å². The molecule has 2 amide bonds. The van der Waals surface area contributed by atoms with Crippen molar-refractivity contribution in [1.29, 1.82) is 0 Å². The number of fused-ring (bicyclic) bond motifs is 1. The SMILES string of the molecule is Cc1nc(C)n(CCC(=O)N2CCCCCCCN(C(=O)CC(C)C)c3ccccc3C2)n1. The van der Waals surface area contributed by atoms with Gasteiger partial charge >= 0.3 is 0 Å². The Morgan fingerprint density at radius 3 is 2.36 bits per heavy atom. The molecule has 0 fully saturated rings. The Kier molecular flexibility index (Phi) is 9.03. The molecular weight excluding hydrogens is 414 g/mol. The molecule has 2 heterocycles. The van der Waals surface area contributed by atoms with Crippen molar-refractivity contribution in [2.75, 3.05) is 18.0 Å². The molecule has 0 saturated heterocycles. The molecule has 0 saturated carbocycles. The Hall–Kier alpha value is -2.70. The summed E-state index contributed by atoms with van der Waals surface area (Å²) in [5, 5.41) is 4.39. The van der Waals surface area contributed by atoms with Crippen molar-refractivity contribution in [2.45, 2.75) is 85.7 Å². The summed E-state index contributed by atoms with van der Waals surface area (Å²) >= 11 is 0. The molecule has 33 heavy (non-hydrogen) atoms. The maximum atomic E-state index is 13.3. The van der Waals surface area contributed by atoms with Gasteiger partial charge in [0.1, 0.15) is 11.6 Å². The molecule has 0 unspecified atom stereocenters. The number of benzene rings is 1. The van der Waals surface area contributed by atoms with Crippen molar-refractivity contribution in [2.24, 2.45) is 5.92 Å². The normalized spacial score (nSPS) is 15.7. The number of hydrogen-bond acceptors (Lipinski definition) is 4. The van der Waals surface area contributed by atoms with Crippen molar-refractivity contribution >= 4 is 17.5 Å². The van der Waals surface area contributed by atoms with Crippen molar-refractivity contribution in [3.63, 3.8) is 0 Å². The van der Waals surface area contributed by atoms with Gasteiger partial charge in [-0.1, -0.05) is 51.3 Å². The minimum atomic E-state index is 0.120. The monoisotopic (exact) mass is 453 g/mol. The summed E-state index contributed by atoms with van der Waals surface area (Å²) in [7, 11) is 0. The maximum absolute atomic E-state index is 13.3. The molecule has 0 N–H and O–H groups in total. The first-order chi connectivity index (χ1) is 15.8. The van der Waals surface area contributed by atoms with Crippen molar-refractivity contribution in [1.82, 2.24) is 19.7 Å². The van der Waals surface area contributed by atoms with E-state index in [-0.39, 0.29) is 11.8 Å². The van der Waals surface area contributed by atoms with Crippen LogP contribution in [0.1, 0.15) is 76.0 Å². The molecule has 3 rings (SSSR count). The molecule has 0 bridgehead atoms. The molecule has 7 nitrogen and oxygen atoms in total. The third-order valence-corrected chi connectivity index (χ3v) is 6.19. The fourth-order valence-electron chi connectivity index (χ4n) is 4.48.